The fourth-order valence-corrected chi connectivity index (χ4v) is 2.19. The Balaban J connectivity index is 1.79. The summed E-state index contributed by atoms with van der Waals surface area (Å²) in [4.78, 5) is 12.2. The Labute approximate surface area is 144 Å². The summed E-state index contributed by atoms with van der Waals surface area (Å²) in [5.74, 6) is 0.201. The summed E-state index contributed by atoms with van der Waals surface area (Å²) in [6.07, 6.45) is -4.50. The lowest BCUT2D eigenvalue weighted by atomic mass is 10.1. The number of carbonyl (C=O) groups is 1. The number of aromatic amines is 1. The van der Waals surface area contributed by atoms with Crippen LogP contribution in [0.1, 0.15) is 5.56 Å². The van der Waals surface area contributed by atoms with Crippen molar-refractivity contribution in [2.45, 2.75) is 6.18 Å². The predicted octanol–water partition coefficient (Wildman–Crippen LogP) is 3.11. The number of urea groups is 1. The Bertz CT molecular complexity index is 925. The maximum absolute atomic E-state index is 12.7. The molecule has 3 aromatic rings. The number of tetrazole rings is 1. The highest BCUT2D eigenvalue weighted by molar-refractivity contribution is 6.02. The molecule has 0 bridgehead atoms. The molecule has 2 aromatic carbocycles. The number of rotatable bonds is 3. The van der Waals surface area contributed by atoms with Crippen LogP contribution in [-0.2, 0) is 6.18 Å². The number of alkyl halides is 3. The van der Waals surface area contributed by atoms with Gasteiger partial charge in [0.1, 0.15) is 0 Å². The smallest absolute Gasteiger partial charge is 0.399 e. The van der Waals surface area contributed by atoms with E-state index in [1.54, 1.807) is 6.07 Å². The Morgan fingerprint density at radius 3 is 2.62 bits per heavy atom. The molecular weight excluding hydrogens is 351 g/mol. The van der Waals surface area contributed by atoms with Gasteiger partial charge in [0, 0.05) is 16.9 Å². The van der Waals surface area contributed by atoms with E-state index in [-0.39, 0.29) is 11.5 Å². The van der Waals surface area contributed by atoms with Crippen LogP contribution in [0.3, 0.4) is 0 Å². The molecule has 0 saturated heterocycles. The number of anilines is 3. The van der Waals surface area contributed by atoms with Gasteiger partial charge in [0.25, 0.3) is 0 Å². The molecule has 8 nitrogen and oxygen atoms in total. The van der Waals surface area contributed by atoms with E-state index in [9.17, 15) is 18.0 Å². The van der Waals surface area contributed by atoms with E-state index in [4.69, 9.17) is 5.73 Å². The third-order valence-electron chi connectivity index (χ3n) is 3.33. The van der Waals surface area contributed by atoms with Crippen LogP contribution >= 0.6 is 0 Å². The molecule has 2 amide bonds. The summed E-state index contributed by atoms with van der Waals surface area (Å²) < 4.78 is 38.2. The monoisotopic (exact) mass is 363 g/mol. The van der Waals surface area contributed by atoms with Crippen LogP contribution in [0.5, 0.6) is 0 Å². The van der Waals surface area contributed by atoms with Gasteiger partial charge in [-0.25, -0.2) is 4.79 Å². The molecule has 0 aliphatic rings. The molecule has 0 atom stereocenters. The normalized spacial score (nSPS) is 11.2. The molecule has 0 saturated carbocycles. The van der Waals surface area contributed by atoms with Crippen molar-refractivity contribution in [2.75, 3.05) is 16.4 Å². The van der Waals surface area contributed by atoms with Crippen molar-refractivity contribution in [1.29, 1.82) is 0 Å². The van der Waals surface area contributed by atoms with Crippen molar-refractivity contribution in [3.05, 3.63) is 48.0 Å². The lowest BCUT2D eigenvalue weighted by molar-refractivity contribution is -0.137. The number of H-pyrrole nitrogens is 1. The molecule has 11 heteroatoms. The predicted molar refractivity (Wildman–Crippen MR) is 88.1 cm³/mol. The number of nitrogens with one attached hydrogen (secondary N) is 3. The number of aromatic nitrogens is 4. The van der Waals surface area contributed by atoms with Gasteiger partial charge < -0.3 is 16.4 Å². The highest BCUT2D eigenvalue weighted by Gasteiger charge is 2.30. The van der Waals surface area contributed by atoms with E-state index in [0.717, 1.165) is 12.1 Å². The first-order valence-corrected chi connectivity index (χ1v) is 7.21. The lowest BCUT2D eigenvalue weighted by Gasteiger charge is -2.12. The van der Waals surface area contributed by atoms with Crippen molar-refractivity contribution in [2.24, 2.45) is 0 Å². The number of nitrogens with zero attached hydrogens (tertiary/aromatic N) is 3. The van der Waals surface area contributed by atoms with Crippen LogP contribution in [0, 0.1) is 0 Å². The maximum atomic E-state index is 12.7. The lowest BCUT2D eigenvalue weighted by Crippen LogP contribution is -2.20. The Morgan fingerprint density at radius 1 is 1.12 bits per heavy atom. The summed E-state index contributed by atoms with van der Waals surface area (Å²) in [5.41, 5.74) is 5.98. The van der Waals surface area contributed by atoms with E-state index in [1.807, 2.05) is 0 Å². The molecule has 134 valence electrons. The highest BCUT2D eigenvalue weighted by atomic mass is 19.4. The molecule has 5 N–H and O–H groups in total. The third-order valence-corrected chi connectivity index (χ3v) is 3.33. The van der Waals surface area contributed by atoms with Crippen LogP contribution in [0.2, 0.25) is 0 Å². The van der Waals surface area contributed by atoms with Gasteiger partial charge in [0.15, 0.2) is 0 Å². The zero-order valence-corrected chi connectivity index (χ0v) is 13.0. The van der Waals surface area contributed by atoms with E-state index in [0.29, 0.717) is 16.9 Å². The minimum Gasteiger partial charge on any atom is -0.399 e. The van der Waals surface area contributed by atoms with Gasteiger partial charge in [-0.3, -0.25) is 0 Å². The first kappa shape index (κ1) is 17.2. The number of amides is 2. The minimum atomic E-state index is -4.50. The zero-order chi connectivity index (χ0) is 18.7. The molecule has 0 spiro atoms. The molecule has 0 aliphatic carbocycles. The summed E-state index contributed by atoms with van der Waals surface area (Å²) in [7, 11) is 0. The Morgan fingerprint density at radius 2 is 1.92 bits per heavy atom. The van der Waals surface area contributed by atoms with E-state index in [2.05, 4.69) is 31.3 Å². The number of benzene rings is 2. The van der Waals surface area contributed by atoms with Crippen molar-refractivity contribution in [3.63, 3.8) is 0 Å². The summed E-state index contributed by atoms with van der Waals surface area (Å²) in [6, 6.07) is 8.16. The molecule has 26 heavy (non-hydrogen) atoms. The quantitative estimate of drug-likeness (QED) is 0.533. The highest BCUT2D eigenvalue weighted by Crippen LogP contribution is 2.31. The first-order chi connectivity index (χ1) is 12.3. The molecule has 0 unspecified atom stereocenters. The van der Waals surface area contributed by atoms with Crippen LogP contribution in [0.25, 0.3) is 11.4 Å². The summed E-state index contributed by atoms with van der Waals surface area (Å²) in [5, 5.41) is 18.2. The number of nitrogens with two attached hydrogens (primary N) is 1. The van der Waals surface area contributed by atoms with Crippen LogP contribution in [-0.4, -0.2) is 26.7 Å². The van der Waals surface area contributed by atoms with Crippen LogP contribution in [0.4, 0.5) is 35.0 Å². The van der Waals surface area contributed by atoms with Gasteiger partial charge in [-0.1, -0.05) is 6.07 Å². The maximum Gasteiger partial charge on any atom is 0.416 e. The van der Waals surface area contributed by atoms with Crippen LogP contribution in [0.15, 0.2) is 42.5 Å². The van der Waals surface area contributed by atoms with Crippen molar-refractivity contribution < 1.29 is 18.0 Å². The number of halogens is 3. The fourth-order valence-electron chi connectivity index (χ4n) is 2.19. The van der Waals surface area contributed by atoms with Gasteiger partial charge in [-0.2, -0.15) is 18.4 Å². The largest absolute Gasteiger partial charge is 0.416 e. The average molecular weight is 363 g/mol. The van der Waals surface area contributed by atoms with Gasteiger partial charge in [-0.15, -0.1) is 10.2 Å². The van der Waals surface area contributed by atoms with Crippen molar-refractivity contribution in [3.8, 4) is 11.4 Å². The van der Waals surface area contributed by atoms with Gasteiger partial charge in [-0.05, 0) is 41.6 Å². The molecular formula is C15H12F3N7O. The van der Waals surface area contributed by atoms with Gasteiger partial charge in [0.05, 0.1) is 11.3 Å². The number of carbonyl (C=O) groups excluding carboxylic acids is 1. The first-order valence-electron chi connectivity index (χ1n) is 7.21. The molecule has 1 heterocycles. The SMILES string of the molecule is Nc1ccc(NC(=O)Nc2cccc(C(F)(F)F)c2)c(-c2nn[nH]n2)c1. The van der Waals surface area contributed by atoms with Crippen molar-refractivity contribution in [1.82, 2.24) is 20.6 Å². The zero-order valence-electron chi connectivity index (χ0n) is 13.0. The second kappa shape index (κ2) is 6.70. The number of hydrogen-bond donors (Lipinski definition) is 4. The molecule has 0 fully saturated rings. The number of nitrogen functional groups attached to an aromatic ring is 1. The van der Waals surface area contributed by atoms with Gasteiger partial charge >= 0.3 is 12.2 Å². The summed E-state index contributed by atoms with van der Waals surface area (Å²) >= 11 is 0. The molecule has 1 aromatic heterocycles. The second-order valence-corrected chi connectivity index (χ2v) is 5.20. The second-order valence-electron chi connectivity index (χ2n) is 5.20. The topological polar surface area (TPSA) is 122 Å². The average Bonchev–Trinajstić information content (AvgIpc) is 3.10. The number of hydrogen-bond acceptors (Lipinski definition) is 5. The van der Waals surface area contributed by atoms with Crippen LogP contribution < -0.4 is 16.4 Å². The standard InChI is InChI=1S/C15H12F3N7O/c16-15(17,18)8-2-1-3-10(6-8)20-14(26)21-12-5-4-9(19)7-11(12)13-22-24-25-23-13/h1-7H,19H2,(H2,20,21,26)(H,22,23,24,25). The van der Waals surface area contributed by atoms with E-state index >= 15 is 0 Å². The Hall–Kier alpha value is -3.63. The van der Waals surface area contributed by atoms with Gasteiger partial charge in [0.2, 0.25) is 5.82 Å². The van der Waals surface area contributed by atoms with E-state index in [1.165, 1.54) is 24.3 Å². The Kier molecular flexibility index (Phi) is 4.43. The van der Waals surface area contributed by atoms with Crippen molar-refractivity contribution >= 4 is 23.1 Å². The van der Waals surface area contributed by atoms with E-state index < -0.39 is 17.8 Å². The molecule has 0 aliphatic heterocycles. The fraction of sp³-hybridized carbons (Fsp3) is 0.0667. The molecule has 0 radical (unpaired) electrons. The third kappa shape index (κ3) is 3.88. The molecule has 3 rings (SSSR count). The minimum absolute atomic E-state index is 0.00567. The summed E-state index contributed by atoms with van der Waals surface area (Å²) in [6.45, 7) is 0.